The summed E-state index contributed by atoms with van der Waals surface area (Å²) >= 11 is 5.90. The Morgan fingerprint density at radius 1 is 1.19 bits per heavy atom. The van der Waals surface area contributed by atoms with Gasteiger partial charge in [-0.3, -0.25) is 4.90 Å². The number of halogens is 1. The van der Waals surface area contributed by atoms with Crippen LogP contribution in [-0.4, -0.2) is 36.1 Å². The standard InChI is InChI=1S/C16H18ClN3O/c17-14-3-1-11(2-4-14)16-19-15(10-21-16)9-20-7-12-5-18-6-13(12)8-20/h1-4,10,12-13,18H,5-9H2. The monoisotopic (exact) mass is 303 g/mol. The van der Waals surface area contributed by atoms with Crippen LogP contribution in [0, 0.1) is 11.8 Å². The molecule has 0 bridgehead atoms. The van der Waals surface area contributed by atoms with Crippen molar-refractivity contribution in [3.8, 4) is 11.5 Å². The van der Waals surface area contributed by atoms with E-state index in [-0.39, 0.29) is 0 Å². The Kier molecular flexibility index (Phi) is 3.45. The first-order valence-corrected chi connectivity index (χ1v) is 7.79. The minimum absolute atomic E-state index is 0.669. The fraction of sp³-hybridized carbons (Fsp3) is 0.438. The van der Waals surface area contributed by atoms with Gasteiger partial charge in [-0.05, 0) is 49.2 Å². The van der Waals surface area contributed by atoms with E-state index in [1.165, 1.54) is 13.1 Å². The van der Waals surface area contributed by atoms with E-state index < -0.39 is 0 Å². The number of fused-ring (bicyclic) bond motifs is 1. The van der Waals surface area contributed by atoms with E-state index in [4.69, 9.17) is 16.0 Å². The predicted molar refractivity (Wildman–Crippen MR) is 82.1 cm³/mol. The van der Waals surface area contributed by atoms with E-state index in [1.807, 2.05) is 24.3 Å². The van der Waals surface area contributed by atoms with Crippen molar-refractivity contribution in [2.24, 2.45) is 11.8 Å². The Morgan fingerprint density at radius 3 is 2.62 bits per heavy atom. The third-order valence-electron chi connectivity index (χ3n) is 4.49. The van der Waals surface area contributed by atoms with Gasteiger partial charge in [0, 0.05) is 30.2 Å². The van der Waals surface area contributed by atoms with Crippen LogP contribution in [0.25, 0.3) is 11.5 Å². The summed E-state index contributed by atoms with van der Waals surface area (Å²) in [5.41, 5.74) is 1.97. The minimum Gasteiger partial charge on any atom is -0.444 e. The molecule has 3 heterocycles. The summed E-state index contributed by atoms with van der Waals surface area (Å²) in [6, 6.07) is 7.58. The third-order valence-corrected chi connectivity index (χ3v) is 4.75. The molecule has 0 aliphatic carbocycles. The van der Waals surface area contributed by atoms with E-state index in [2.05, 4.69) is 15.2 Å². The summed E-state index contributed by atoms with van der Waals surface area (Å²) in [7, 11) is 0. The van der Waals surface area contributed by atoms with E-state index in [0.717, 1.165) is 47.8 Å². The molecular formula is C16H18ClN3O. The number of nitrogens with zero attached hydrogens (tertiary/aromatic N) is 2. The zero-order valence-corrected chi connectivity index (χ0v) is 12.5. The number of rotatable bonds is 3. The van der Waals surface area contributed by atoms with Crippen molar-refractivity contribution in [2.45, 2.75) is 6.54 Å². The zero-order valence-electron chi connectivity index (χ0n) is 11.8. The summed E-state index contributed by atoms with van der Waals surface area (Å²) < 4.78 is 5.60. The highest BCUT2D eigenvalue weighted by atomic mass is 35.5. The first-order chi connectivity index (χ1) is 10.3. The van der Waals surface area contributed by atoms with E-state index in [0.29, 0.717) is 5.89 Å². The maximum absolute atomic E-state index is 5.90. The lowest BCUT2D eigenvalue weighted by Gasteiger charge is -2.14. The molecule has 2 atom stereocenters. The van der Waals surface area contributed by atoms with Gasteiger partial charge in [-0.15, -0.1) is 0 Å². The number of likely N-dealkylation sites (tertiary alicyclic amines) is 1. The second kappa shape index (κ2) is 5.44. The summed E-state index contributed by atoms with van der Waals surface area (Å²) in [5, 5.41) is 4.19. The van der Waals surface area contributed by atoms with Gasteiger partial charge in [0.1, 0.15) is 6.26 Å². The number of nitrogens with one attached hydrogen (secondary N) is 1. The molecule has 2 saturated heterocycles. The molecule has 4 nitrogen and oxygen atoms in total. The van der Waals surface area contributed by atoms with Gasteiger partial charge in [0.05, 0.1) is 5.69 Å². The van der Waals surface area contributed by atoms with Gasteiger partial charge in [-0.25, -0.2) is 4.98 Å². The normalized spacial score (nSPS) is 25.4. The molecule has 2 unspecified atom stereocenters. The van der Waals surface area contributed by atoms with Crippen LogP contribution in [0.5, 0.6) is 0 Å². The molecular weight excluding hydrogens is 286 g/mol. The van der Waals surface area contributed by atoms with Crippen molar-refractivity contribution >= 4 is 11.6 Å². The molecule has 4 rings (SSSR count). The Morgan fingerprint density at radius 2 is 1.90 bits per heavy atom. The quantitative estimate of drug-likeness (QED) is 0.946. The summed E-state index contributed by atoms with van der Waals surface area (Å²) in [4.78, 5) is 7.09. The van der Waals surface area contributed by atoms with E-state index in [1.54, 1.807) is 6.26 Å². The van der Waals surface area contributed by atoms with Crippen molar-refractivity contribution in [1.82, 2.24) is 15.2 Å². The molecule has 1 aromatic carbocycles. The number of benzene rings is 1. The lowest BCUT2D eigenvalue weighted by molar-refractivity contribution is 0.302. The van der Waals surface area contributed by atoms with Crippen LogP contribution in [0.15, 0.2) is 34.9 Å². The van der Waals surface area contributed by atoms with Crippen LogP contribution < -0.4 is 5.32 Å². The van der Waals surface area contributed by atoms with Gasteiger partial charge in [0.2, 0.25) is 5.89 Å². The molecule has 0 spiro atoms. The molecule has 21 heavy (non-hydrogen) atoms. The molecule has 2 aromatic rings. The number of aromatic nitrogens is 1. The maximum atomic E-state index is 5.90. The maximum Gasteiger partial charge on any atom is 0.226 e. The molecule has 2 aliphatic rings. The summed E-state index contributed by atoms with van der Waals surface area (Å²) in [6.07, 6.45) is 1.77. The highest BCUT2D eigenvalue weighted by Gasteiger charge is 2.36. The average molecular weight is 304 g/mol. The van der Waals surface area contributed by atoms with Crippen LogP contribution in [0.3, 0.4) is 0 Å². The summed E-state index contributed by atoms with van der Waals surface area (Å²) in [5.74, 6) is 2.29. The molecule has 2 aliphatic heterocycles. The van der Waals surface area contributed by atoms with Crippen LogP contribution in [0.4, 0.5) is 0 Å². The molecule has 5 heteroatoms. The average Bonchev–Trinajstić information content (AvgIpc) is 3.16. The fourth-order valence-corrected chi connectivity index (χ4v) is 3.54. The largest absolute Gasteiger partial charge is 0.444 e. The Bertz CT molecular complexity index is 613. The first kappa shape index (κ1) is 13.3. The minimum atomic E-state index is 0.669. The first-order valence-electron chi connectivity index (χ1n) is 7.41. The van der Waals surface area contributed by atoms with Gasteiger partial charge in [-0.2, -0.15) is 0 Å². The SMILES string of the molecule is Clc1ccc(-c2nc(CN3CC4CNCC4C3)co2)cc1. The smallest absolute Gasteiger partial charge is 0.226 e. The highest BCUT2D eigenvalue weighted by molar-refractivity contribution is 6.30. The van der Waals surface area contributed by atoms with Gasteiger partial charge >= 0.3 is 0 Å². The molecule has 0 amide bonds. The van der Waals surface area contributed by atoms with E-state index in [9.17, 15) is 0 Å². The van der Waals surface area contributed by atoms with Gasteiger partial charge in [0.15, 0.2) is 0 Å². The van der Waals surface area contributed by atoms with Crippen molar-refractivity contribution in [1.29, 1.82) is 0 Å². The van der Waals surface area contributed by atoms with Gasteiger partial charge < -0.3 is 9.73 Å². The summed E-state index contributed by atoms with van der Waals surface area (Å²) in [6.45, 7) is 5.54. The van der Waals surface area contributed by atoms with Crippen LogP contribution in [0.2, 0.25) is 5.02 Å². The number of hydrogen-bond donors (Lipinski definition) is 1. The molecule has 2 fully saturated rings. The molecule has 1 aromatic heterocycles. The topological polar surface area (TPSA) is 41.3 Å². The predicted octanol–water partition coefficient (Wildman–Crippen LogP) is 2.65. The van der Waals surface area contributed by atoms with Crippen LogP contribution in [-0.2, 0) is 6.54 Å². The van der Waals surface area contributed by atoms with Crippen LogP contribution in [0.1, 0.15) is 5.69 Å². The fourth-order valence-electron chi connectivity index (χ4n) is 3.42. The number of oxazole rings is 1. The second-order valence-electron chi connectivity index (χ2n) is 6.02. The van der Waals surface area contributed by atoms with Crippen molar-refractivity contribution in [3.63, 3.8) is 0 Å². The second-order valence-corrected chi connectivity index (χ2v) is 6.46. The van der Waals surface area contributed by atoms with Crippen molar-refractivity contribution in [3.05, 3.63) is 41.2 Å². The van der Waals surface area contributed by atoms with Crippen LogP contribution >= 0.6 is 11.6 Å². The Hall–Kier alpha value is -1.36. The lowest BCUT2D eigenvalue weighted by atomic mass is 10.0. The highest BCUT2D eigenvalue weighted by Crippen LogP contribution is 2.28. The van der Waals surface area contributed by atoms with Crippen molar-refractivity contribution in [2.75, 3.05) is 26.2 Å². The molecule has 0 saturated carbocycles. The van der Waals surface area contributed by atoms with Gasteiger partial charge in [-0.1, -0.05) is 11.6 Å². The Labute approximate surface area is 129 Å². The van der Waals surface area contributed by atoms with Crippen molar-refractivity contribution < 1.29 is 4.42 Å². The van der Waals surface area contributed by atoms with E-state index >= 15 is 0 Å². The molecule has 1 N–H and O–H groups in total. The molecule has 0 radical (unpaired) electrons. The third kappa shape index (κ3) is 2.71. The molecule has 110 valence electrons. The zero-order chi connectivity index (χ0) is 14.2. The Balaban J connectivity index is 1.44. The lowest BCUT2D eigenvalue weighted by Crippen LogP contribution is -2.25. The number of hydrogen-bond acceptors (Lipinski definition) is 4. The van der Waals surface area contributed by atoms with Gasteiger partial charge in [0.25, 0.3) is 0 Å².